The van der Waals surface area contributed by atoms with E-state index < -0.39 is 0 Å². The van der Waals surface area contributed by atoms with Crippen LogP contribution >= 0.6 is 0 Å². The Kier molecular flexibility index (Phi) is 7.54. The molecule has 1 aromatic carbocycles. The van der Waals surface area contributed by atoms with Gasteiger partial charge in [-0.3, -0.25) is 14.5 Å². The highest BCUT2D eigenvalue weighted by atomic mass is 19.1. The highest BCUT2D eigenvalue weighted by molar-refractivity contribution is 5.92. The van der Waals surface area contributed by atoms with Gasteiger partial charge in [-0.25, -0.2) is 9.18 Å². The molecule has 0 saturated carbocycles. The Hall–Kier alpha value is -2.68. The van der Waals surface area contributed by atoms with Crippen LogP contribution in [0.15, 0.2) is 24.3 Å². The molecule has 1 fully saturated rings. The Morgan fingerprint density at radius 2 is 1.67 bits per heavy atom. The number of nitrogens with one attached hydrogen (secondary N) is 1. The second-order valence-corrected chi connectivity index (χ2v) is 6.29. The van der Waals surface area contributed by atoms with Crippen molar-refractivity contribution in [1.29, 1.82) is 0 Å². The van der Waals surface area contributed by atoms with Crippen molar-refractivity contribution in [2.75, 3.05) is 58.2 Å². The van der Waals surface area contributed by atoms with Gasteiger partial charge in [-0.2, -0.15) is 0 Å². The monoisotopic (exact) mass is 380 g/mol. The van der Waals surface area contributed by atoms with E-state index in [2.05, 4.69) is 5.32 Å². The molecule has 1 saturated heterocycles. The number of hydrogen-bond acceptors (Lipinski definition) is 5. The normalized spacial score (nSPS) is 14.2. The molecule has 148 valence electrons. The summed E-state index contributed by atoms with van der Waals surface area (Å²) >= 11 is 0. The van der Waals surface area contributed by atoms with Crippen molar-refractivity contribution in [2.24, 2.45) is 0 Å². The van der Waals surface area contributed by atoms with E-state index in [9.17, 15) is 18.8 Å². The minimum Gasteiger partial charge on any atom is -0.450 e. The Morgan fingerprint density at radius 1 is 1.07 bits per heavy atom. The predicted molar refractivity (Wildman–Crippen MR) is 97.7 cm³/mol. The standard InChI is InChI=1S/C18H25FN4O4/c1-3-27-18(26)23-10-8-22(9-11-23)17(25)13-21(2)12-16(24)20-15-6-4-14(19)5-7-15/h4-7H,3,8-13H2,1-2H3,(H,20,24). The van der Waals surface area contributed by atoms with Gasteiger partial charge in [0.15, 0.2) is 0 Å². The first kappa shape index (κ1) is 20.6. The zero-order valence-corrected chi connectivity index (χ0v) is 15.6. The Labute approximate surface area is 157 Å². The van der Waals surface area contributed by atoms with Gasteiger partial charge in [0.05, 0.1) is 19.7 Å². The summed E-state index contributed by atoms with van der Waals surface area (Å²) in [6.07, 6.45) is -0.362. The molecule has 0 unspecified atom stereocenters. The van der Waals surface area contributed by atoms with E-state index in [1.165, 1.54) is 24.3 Å². The molecule has 8 nitrogen and oxygen atoms in total. The van der Waals surface area contributed by atoms with Gasteiger partial charge in [0.25, 0.3) is 0 Å². The molecule has 1 heterocycles. The first-order valence-electron chi connectivity index (χ1n) is 8.82. The summed E-state index contributed by atoms with van der Waals surface area (Å²) in [6.45, 7) is 3.93. The summed E-state index contributed by atoms with van der Waals surface area (Å²) in [4.78, 5) is 40.9. The molecule has 3 amide bonds. The van der Waals surface area contributed by atoms with Crippen LogP contribution in [0.5, 0.6) is 0 Å². The van der Waals surface area contributed by atoms with Crippen molar-refractivity contribution in [3.05, 3.63) is 30.1 Å². The van der Waals surface area contributed by atoms with Crippen LogP contribution in [0.1, 0.15) is 6.92 Å². The highest BCUT2D eigenvalue weighted by Crippen LogP contribution is 2.08. The first-order chi connectivity index (χ1) is 12.9. The van der Waals surface area contributed by atoms with E-state index in [1.807, 2.05) is 0 Å². The maximum atomic E-state index is 12.9. The Morgan fingerprint density at radius 3 is 2.26 bits per heavy atom. The quantitative estimate of drug-likeness (QED) is 0.796. The fraction of sp³-hybridized carbons (Fsp3) is 0.500. The van der Waals surface area contributed by atoms with Crippen molar-refractivity contribution < 1.29 is 23.5 Å². The summed E-state index contributed by atoms with van der Waals surface area (Å²) in [5, 5.41) is 2.65. The van der Waals surface area contributed by atoms with Crippen LogP contribution in [-0.2, 0) is 14.3 Å². The lowest BCUT2D eigenvalue weighted by molar-refractivity contribution is -0.134. The lowest BCUT2D eigenvalue weighted by atomic mass is 10.3. The van der Waals surface area contributed by atoms with Gasteiger partial charge in [0.2, 0.25) is 11.8 Å². The number of amides is 3. The van der Waals surface area contributed by atoms with E-state index in [-0.39, 0.29) is 36.8 Å². The van der Waals surface area contributed by atoms with Crippen molar-refractivity contribution in [3.8, 4) is 0 Å². The minimum absolute atomic E-state index is 0.0336. The van der Waals surface area contributed by atoms with Gasteiger partial charge in [0, 0.05) is 31.9 Å². The third-order valence-electron chi connectivity index (χ3n) is 4.11. The molecule has 27 heavy (non-hydrogen) atoms. The average Bonchev–Trinajstić information content (AvgIpc) is 2.63. The van der Waals surface area contributed by atoms with E-state index in [1.54, 1.807) is 28.7 Å². The zero-order valence-electron chi connectivity index (χ0n) is 15.6. The largest absolute Gasteiger partial charge is 0.450 e. The van der Waals surface area contributed by atoms with Gasteiger partial charge in [-0.1, -0.05) is 0 Å². The number of benzene rings is 1. The van der Waals surface area contributed by atoms with Gasteiger partial charge in [-0.05, 0) is 38.2 Å². The zero-order chi connectivity index (χ0) is 19.8. The summed E-state index contributed by atoms with van der Waals surface area (Å²) in [7, 11) is 1.68. The second kappa shape index (κ2) is 9.86. The van der Waals surface area contributed by atoms with Crippen LogP contribution in [0, 0.1) is 5.82 Å². The molecular weight excluding hydrogens is 355 g/mol. The molecule has 0 aliphatic carbocycles. The summed E-state index contributed by atoms with van der Waals surface area (Å²) in [6, 6.07) is 5.47. The topological polar surface area (TPSA) is 82.2 Å². The second-order valence-electron chi connectivity index (χ2n) is 6.29. The lowest BCUT2D eigenvalue weighted by Gasteiger charge is -2.34. The average molecular weight is 380 g/mol. The van der Waals surface area contributed by atoms with E-state index >= 15 is 0 Å². The van der Waals surface area contributed by atoms with Gasteiger partial charge < -0.3 is 19.9 Å². The highest BCUT2D eigenvalue weighted by Gasteiger charge is 2.25. The molecule has 0 bridgehead atoms. The fourth-order valence-corrected chi connectivity index (χ4v) is 2.72. The van der Waals surface area contributed by atoms with Crippen LogP contribution in [0.4, 0.5) is 14.9 Å². The number of carbonyl (C=O) groups excluding carboxylic acids is 3. The maximum Gasteiger partial charge on any atom is 0.409 e. The van der Waals surface area contributed by atoms with Crippen molar-refractivity contribution in [1.82, 2.24) is 14.7 Å². The Balaban J connectivity index is 1.73. The summed E-state index contributed by atoms with van der Waals surface area (Å²) in [5.41, 5.74) is 0.496. The molecule has 1 aliphatic rings. The van der Waals surface area contributed by atoms with Gasteiger partial charge in [0.1, 0.15) is 5.82 Å². The number of carbonyl (C=O) groups is 3. The number of nitrogens with zero attached hydrogens (tertiary/aromatic N) is 3. The molecule has 0 atom stereocenters. The fourth-order valence-electron chi connectivity index (χ4n) is 2.72. The minimum atomic E-state index is -0.376. The molecular formula is C18H25FN4O4. The molecule has 9 heteroatoms. The van der Waals surface area contributed by atoms with E-state index in [0.717, 1.165) is 0 Å². The van der Waals surface area contributed by atoms with Crippen LogP contribution in [-0.4, -0.2) is 85.5 Å². The number of likely N-dealkylation sites (N-methyl/N-ethyl adjacent to an activating group) is 1. The molecule has 1 aromatic rings. The smallest absolute Gasteiger partial charge is 0.409 e. The molecule has 2 rings (SSSR count). The summed E-state index contributed by atoms with van der Waals surface area (Å²) in [5.74, 6) is -0.765. The number of halogens is 1. The van der Waals surface area contributed by atoms with Crippen LogP contribution in [0.3, 0.4) is 0 Å². The Bertz CT molecular complexity index is 660. The molecule has 0 aromatic heterocycles. The lowest BCUT2D eigenvalue weighted by Crippen LogP contribution is -2.52. The summed E-state index contributed by atoms with van der Waals surface area (Å²) < 4.78 is 17.8. The number of hydrogen-bond donors (Lipinski definition) is 1. The van der Waals surface area contributed by atoms with E-state index in [0.29, 0.717) is 38.5 Å². The third kappa shape index (κ3) is 6.52. The van der Waals surface area contributed by atoms with Gasteiger partial charge in [-0.15, -0.1) is 0 Å². The van der Waals surface area contributed by atoms with Crippen LogP contribution < -0.4 is 5.32 Å². The number of anilines is 1. The SMILES string of the molecule is CCOC(=O)N1CCN(C(=O)CN(C)CC(=O)Nc2ccc(F)cc2)CC1. The van der Waals surface area contributed by atoms with Crippen molar-refractivity contribution in [2.45, 2.75) is 6.92 Å². The number of piperazine rings is 1. The number of ether oxygens (including phenoxy) is 1. The maximum absolute atomic E-state index is 12.9. The van der Waals surface area contributed by atoms with Crippen LogP contribution in [0.25, 0.3) is 0 Å². The predicted octanol–water partition coefficient (Wildman–Crippen LogP) is 0.997. The first-order valence-corrected chi connectivity index (χ1v) is 8.82. The molecule has 1 N–H and O–H groups in total. The van der Waals surface area contributed by atoms with Crippen LogP contribution in [0.2, 0.25) is 0 Å². The molecule has 0 spiro atoms. The third-order valence-corrected chi connectivity index (χ3v) is 4.11. The van der Waals surface area contributed by atoms with Crippen molar-refractivity contribution >= 4 is 23.6 Å². The molecule has 0 radical (unpaired) electrons. The van der Waals surface area contributed by atoms with E-state index in [4.69, 9.17) is 4.74 Å². The molecule has 1 aliphatic heterocycles. The van der Waals surface area contributed by atoms with Gasteiger partial charge >= 0.3 is 6.09 Å². The van der Waals surface area contributed by atoms with Crippen molar-refractivity contribution in [3.63, 3.8) is 0 Å². The number of rotatable bonds is 6.